The van der Waals surface area contributed by atoms with Crippen LogP contribution in [-0.2, 0) is 15.6 Å². The van der Waals surface area contributed by atoms with Crippen LogP contribution in [0.25, 0.3) is 67.1 Å². The zero-order valence-corrected chi connectivity index (χ0v) is 36.6. The molecule has 8 aromatic carbocycles. The van der Waals surface area contributed by atoms with E-state index in [1.807, 2.05) is 0 Å². The molecule has 0 saturated heterocycles. The van der Waals surface area contributed by atoms with Crippen LogP contribution in [0.4, 0.5) is 0 Å². The molecule has 2 aliphatic carbocycles. The second-order valence-electron chi connectivity index (χ2n) is 15.9. The van der Waals surface area contributed by atoms with E-state index in [9.17, 15) is 0 Å². The van der Waals surface area contributed by atoms with Gasteiger partial charge in [0.1, 0.15) is 0 Å². The van der Waals surface area contributed by atoms with E-state index in [0.717, 1.165) is 0 Å². The monoisotopic (exact) mass is 853 g/mol. The molecule has 2 unspecified atom stereocenters. The molecule has 0 N–H and O–H groups in total. The van der Waals surface area contributed by atoms with E-state index in [1.54, 1.807) is 0 Å². The van der Waals surface area contributed by atoms with Crippen LogP contribution in [0.1, 0.15) is 40.6 Å². The Morgan fingerprint density at radius 2 is 0.786 bits per heavy atom. The predicted molar refractivity (Wildman–Crippen MR) is 243 cm³/mol. The topological polar surface area (TPSA) is 0 Å². The van der Waals surface area contributed by atoms with E-state index < -0.39 is 21.5 Å². The van der Waals surface area contributed by atoms with Crippen molar-refractivity contribution in [3.8, 4) is 22.3 Å². The maximum absolute atomic E-state index is 8.99. The molecule has 0 aromatic heterocycles. The van der Waals surface area contributed by atoms with Crippen molar-refractivity contribution in [3.05, 3.63) is 215 Å². The van der Waals surface area contributed by atoms with Gasteiger partial charge < -0.3 is 0 Å². The molecule has 0 amide bonds. The number of rotatable bonds is 7. The number of fused-ring (bicyclic) bond motifs is 4. The fourth-order valence-electron chi connectivity index (χ4n) is 9.80. The number of halogens is 2. The summed E-state index contributed by atoms with van der Waals surface area (Å²) < 4.78 is -0.201. The Kier molecular flexibility index (Phi) is 8.84. The van der Waals surface area contributed by atoms with Gasteiger partial charge in [-0.15, -0.1) is 0 Å². The molecule has 0 spiro atoms. The SMILES string of the molecule is C[SiH](C)[Zr]([Cl])([Cl])([CH]1C(c2ccccc2)=Cc2c(-c3ccc4ccccc4c3)cccc21)[CH]1C(c2ccccc2)=Cc2c(-c3ccc4ccccc4c3)cccc21. The van der Waals surface area contributed by atoms with Crippen molar-refractivity contribution in [2.24, 2.45) is 0 Å². The average molecular weight is 856 g/mol. The number of allylic oxidation sites excluding steroid dienone is 2. The Morgan fingerprint density at radius 3 is 1.20 bits per heavy atom. The molecule has 0 saturated carbocycles. The van der Waals surface area contributed by atoms with Crippen molar-refractivity contribution >= 4 is 67.8 Å². The van der Waals surface area contributed by atoms with Crippen LogP contribution in [0.15, 0.2) is 182 Å². The van der Waals surface area contributed by atoms with Gasteiger partial charge >= 0.3 is 341 Å². The molecular formula is C52H41Cl2SiZr. The van der Waals surface area contributed by atoms with Gasteiger partial charge in [-0.05, 0) is 0 Å². The zero-order valence-electron chi connectivity index (χ0n) is 31.5. The maximum atomic E-state index is 8.99. The van der Waals surface area contributed by atoms with E-state index in [-0.39, 0.29) is 7.25 Å². The first kappa shape index (κ1) is 35.8. The fourth-order valence-corrected chi connectivity index (χ4v) is 39.9. The normalized spacial score (nSPS) is 17.0. The van der Waals surface area contributed by atoms with Crippen LogP contribution in [0, 0.1) is 0 Å². The van der Waals surface area contributed by atoms with E-state index in [0.29, 0.717) is 0 Å². The molecule has 2 aliphatic rings. The summed E-state index contributed by atoms with van der Waals surface area (Å²) in [6, 6.07) is 66.4. The molecule has 0 bridgehead atoms. The molecule has 8 aromatic rings. The Morgan fingerprint density at radius 1 is 0.393 bits per heavy atom. The van der Waals surface area contributed by atoms with Gasteiger partial charge in [-0.3, -0.25) is 0 Å². The number of hydrogen-bond acceptors (Lipinski definition) is 0. The third-order valence-electron chi connectivity index (χ3n) is 12.7. The molecule has 0 radical (unpaired) electrons. The summed E-state index contributed by atoms with van der Waals surface area (Å²) >= 11 is -5.23. The minimum atomic E-state index is -5.23. The number of benzene rings is 8. The van der Waals surface area contributed by atoms with Crippen LogP contribution < -0.4 is 0 Å². The molecule has 4 heteroatoms. The van der Waals surface area contributed by atoms with E-state index in [1.165, 1.54) is 88.3 Å². The molecule has 56 heavy (non-hydrogen) atoms. The van der Waals surface area contributed by atoms with Crippen LogP contribution in [-0.4, -0.2) is 5.92 Å². The molecule has 271 valence electrons. The Hall–Kier alpha value is -4.56. The van der Waals surface area contributed by atoms with Gasteiger partial charge in [0.05, 0.1) is 0 Å². The van der Waals surface area contributed by atoms with Gasteiger partial charge in [0.2, 0.25) is 0 Å². The summed E-state index contributed by atoms with van der Waals surface area (Å²) in [4.78, 5) is 0. The average Bonchev–Trinajstić information content (AvgIpc) is 3.85. The quantitative estimate of drug-likeness (QED) is 0.140. The van der Waals surface area contributed by atoms with Crippen LogP contribution in [0.3, 0.4) is 0 Å². The van der Waals surface area contributed by atoms with Crippen molar-refractivity contribution in [2.75, 3.05) is 0 Å². The summed E-state index contributed by atoms with van der Waals surface area (Å²) in [7, 11) is 18.0. The van der Waals surface area contributed by atoms with Crippen molar-refractivity contribution < 1.29 is 15.6 Å². The van der Waals surface area contributed by atoms with Crippen LogP contribution in [0.2, 0.25) is 13.1 Å². The number of hydrogen-bond donors (Lipinski definition) is 0. The Balaban J connectivity index is 1.23. The van der Waals surface area contributed by atoms with Gasteiger partial charge in [-0.25, -0.2) is 0 Å². The zero-order chi connectivity index (χ0) is 38.0. The molecule has 0 nitrogen and oxygen atoms in total. The van der Waals surface area contributed by atoms with Crippen molar-refractivity contribution in [2.45, 2.75) is 20.3 Å². The Bertz CT molecular complexity index is 2700. The molecule has 10 rings (SSSR count). The third-order valence-corrected chi connectivity index (χ3v) is 64.2. The summed E-state index contributed by atoms with van der Waals surface area (Å²) in [6.45, 7) is 4.87. The van der Waals surface area contributed by atoms with E-state index in [2.05, 4.69) is 207 Å². The van der Waals surface area contributed by atoms with Crippen molar-refractivity contribution in [3.63, 3.8) is 0 Å². The first-order valence-electron chi connectivity index (χ1n) is 19.6. The predicted octanol–water partition coefficient (Wildman–Crippen LogP) is 15.2. The van der Waals surface area contributed by atoms with Crippen LogP contribution in [0.5, 0.6) is 0 Å². The molecular weight excluding hydrogens is 815 g/mol. The first-order chi connectivity index (χ1) is 27.3. The molecule has 0 fully saturated rings. The first-order valence-corrected chi connectivity index (χ1v) is 36.0. The summed E-state index contributed by atoms with van der Waals surface area (Å²) in [5, 5.41) is 4.96. The van der Waals surface area contributed by atoms with Gasteiger partial charge in [0.25, 0.3) is 0 Å². The van der Waals surface area contributed by atoms with Crippen molar-refractivity contribution in [1.82, 2.24) is 0 Å². The van der Waals surface area contributed by atoms with Gasteiger partial charge in [0, 0.05) is 0 Å². The third kappa shape index (κ3) is 5.64. The standard InChI is InChI=1S/2C25H17.C2H7Si.2ClH.Zr/c2*1-2-7-18(8-3-1)23-16-21-11-6-12-24(25(21)17-23)22-14-13-19-9-4-5-10-20(19)15-22;1-3-2;;;/h2*1-17H;3H,1-2H3;2*1H;/q;;;;;+2/p-2. The summed E-state index contributed by atoms with van der Waals surface area (Å²) in [5.41, 5.74) is 14.8. The summed E-state index contributed by atoms with van der Waals surface area (Å²) in [5.74, 6) is -1.85. The molecule has 0 aliphatic heterocycles. The fraction of sp³-hybridized carbons (Fsp3) is 0.0769. The van der Waals surface area contributed by atoms with E-state index >= 15 is 0 Å². The second kappa shape index (κ2) is 13.8. The summed E-state index contributed by atoms with van der Waals surface area (Å²) in [6.07, 6.45) is 4.89. The van der Waals surface area contributed by atoms with Crippen LogP contribution >= 0.6 is 17.0 Å². The van der Waals surface area contributed by atoms with Crippen molar-refractivity contribution in [1.29, 1.82) is 0 Å². The Labute approximate surface area is 338 Å². The minimum absolute atomic E-state index is 0.100. The van der Waals surface area contributed by atoms with Gasteiger partial charge in [-0.2, -0.15) is 0 Å². The molecule has 0 heterocycles. The molecule has 2 atom stereocenters. The second-order valence-corrected chi connectivity index (χ2v) is 58.4. The van der Waals surface area contributed by atoms with Gasteiger partial charge in [0.15, 0.2) is 0 Å². The van der Waals surface area contributed by atoms with E-state index in [4.69, 9.17) is 17.0 Å². The van der Waals surface area contributed by atoms with Gasteiger partial charge in [-0.1, -0.05) is 0 Å².